The molecule has 11 heavy (non-hydrogen) atoms. The molecule has 1 aromatic carbocycles. The van der Waals surface area contributed by atoms with E-state index in [9.17, 15) is 0 Å². The molecule has 0 N–H and O–H groups in total. The molecule has 1 aromatic heterocycles. The van der Waals surface area contributed by atoms with Crippen molar-refractivity contribution in [3.63, 3.8) is 0 Å². The summed E-state index contributed by atoms with van der Waals surface area (Å²) in [7, 11) is 1.88. The fraction of sp³-hybridized carbons (Fsp3) is 0.143. The molecule has 2 aromatic rings. The fourth-order valence-electron chi connectivity index (χ4n) is 0.986. The number of hydrogen-bond acceptors (Lipinski definition) is 2. The Labute approximate surface area is 79.9 Å². The smallest absolute Gasteiger partial charge is 0.248 e. The molecule has 0 bridgehead atoms. The molecule has 3 nitrogen and oxygen atoms in total. The number of rotatable bonds is 0. The maximum Gasteiger partial charge on any atom is 1.00 e. The van der Waals surface area contributed by atoms with E-state index in [0.717, 1.165) is 11.0 Å². The third-order valence-electron chi connectivity index (χ3n) is 1.52. The van der Waals surface area contributed by atoms with E-state index in [1.807, 2.05) is 31.3 Å². The normalized spacial score (nSPS) is 9.55. The molecular weight excluding hydrogens is 234 g/mol. The van der Waals surface area contributed by atoms with Crippen LogP contribution in [0, 0.1) is 0 Å². The zero-order valence-electron chi connectivity index (χ0n) is 5.95. The van der Waals surface area contributed by atoms with Gasteiger partial charge in [0.1, 0.15) is 5.52 Å². The topological polar surface area (TPSA) is 30.7 Å². The van der Waals surface area contributed by atoms with Gasteiger partial charge in [-0.05, 0) is 12.1 Å². The third-order valence-corrected chi connectivity index (χ3v) is 1.52. The molecule has 4 heteroatoms. The molecule has 0 fully saturated rings. The van der Waals surface area contributed by atoms with Gasteiger partial charge in [0.15, 0.2) is 0 Å². The van der Waals surface area contributed by atoms with Gasteiger partial charge in [-0.3, -0.25) is 0 Å². The van der Waals surface area contributed by atoms with Crippen LogP contribution < -0.4 is 0 Å². The van der Waals surface area contributed by atoms with Gasteiger partial charge in [-0.15, -0.1) is 5.10 Å². The first-order valence-corrected chi connectivity index (χ1v) is 3.12. The summed E-state index contributed by atoms with van der Waals surface area (Å²) in [4.78, 5) is 0. The number of benzene rings is 1. The maximum absolute atomic E-state index is 3.93. The van der Waals surface area contributed by atoms with E-state index in [0.29, 0.717) is 0 Å². The van der Waals surface area contributed by atoms with Gasteiger partial charge < -0.3 is 0 Å². The molecule has 0 saturated heterocycles. The van der Waals surface area contributed by atoms with Crippen molar-refractivity contribution in [2.24, 2.45) is 7.05 Å². The van der Waals surface area contributed by atoms with Crippen LogP contribution in [-0.4, -0.2) is 15.0 Å². The molecule has 0 radical (unpaired) electrons. The Morgan fingerprint density at radius 2 is 2.00 bits per heavy atom. The van der Waals surface area contributed by atoms with Gasteiger partial charge in [-0.25, -0.2) is 4.68 Å². The van der Waals surface area contributed by atoms with Gasteiger partial charge >= 0.3 is 22.4 Å². The molecule has 0 aliphatic carbocycles. The SMILES string of the molecule is Cn1nnc2ccccc21.[Ag+]. The molecule has 2 rings (SSSR count). The van der Waals surface area contributed by atoms with Gasteiger partial charge in [0.25, 0.3) is 0 Å². The van der Waals surface area contributed by atoms with E-state index in [-0.39, 0.29) is 22.4 Å². The minimum absolute atomic E-state index is 0. The molecule has 60 valence electrons. The first-order valence-electron chi connectivity index (χ1n) is 3.12. The molecule has 0 unspecified atom stereocenters. The van der Waals surface area contributed by atoms with Crippen molar-refractivity contribution in [1.29, 1.82) is 0 Å². The number of para-hydroxylation sites is 1. The number of nitrogens with zero attached hydrogens (tertiary/aromatic N) is 3. The van der Waals surface area contributed by atoms with Crippen molar-refractivity contribution < 1.29 is 22.4 Å². The predicted molar refractivity (Wildman–Crippen MR) is 38.5 cm³/mol. The molecular formula is C7H7AgN3+. The standard InChI is InChI=1S/C7H7N3.Ag/c1-10-7-5-3-2-4-6(7)8-9-10;/h2-5H,1H3;/q;+1. The molecule has 0 aliphatic heterocycles. The van der Waals surface area contributed by atoms with Crippen LogP contribution in [0.25, 0.3) is 11.0 Å². The van der Waals surface area contributed by atoms with Crippen molar-refractivity contribution in [2.45, 2.75) is 0 Å². The minimum atomic E-state index is 0. The summed E-state index contributed by atoms with van der Waals surface area (Å²) in [5.74, 6) is 0. The van der Waals surface area contributed by atoms with Gasteiger partial charge in [-0.1, -0.05) is 17.3 Å². The Hall–Kier alpha value is -0.640. The van der Waals surface area contributed by atoms with Crippen molar-refractivity contribution in [3.8, 4) is 0 Å². The van der Waals surface area contributed by atoms with Gasteiger partial charge in [0, 0.05) is 7.05 Å². The minimum Gasteiger partial charge on any atom is -0.248 e. The monoisotopic (exact) mass is 240 g/mol. The Morgan fingerprint density at radius 1 is 1.27 bits per heavy atom. The Morgan fingerprint density at radius 3 is 2.73 bits per heavy atom. The summed E-state index contributed by atoms with van der Waals surface area (Å²) in [6.07, 6.45) is 0. The van der Waals surface area contributed by atoms with Gasteiger partial charge in [0.05, 0.1) is 5.52 Å². The Kier molecular flexibility index (Phi) is 2.44. The maximum atomic E-state index is 3.93. The zero-order valence-corrected chi connectivity index (χ0v) is 7.43. The molecule has 1 heterocycles. The van der Waals surface area contributed by atoms with Crippen LogP contribution in [0.3, 0.4) is 0 Å². The van der Waals surface area contributed by atoms with Crippen LogP contribution in [-0.2, 0) is 29.4 Å². The molecule has 0 atom stereocenters. The average molecular weight is 241 g/mol. The predicted octanol–water partition coefficient (Wildman–Crippen LogP) is 0.966. The van der Waals surface area contributed by atoms with Gasteiger partial charge in [-0.2, -0.15) is 0 Å². The Bertz CT molecular complexity index is 355. The van der Waals surface area contributed by atoms with Crippen LogP contribution in [0.4, 0.5) is 0 Å². The van der Waals surface area contributed by atoms with Crippen LogP contribution in [0.1, 0.15) is 0 Å². The summed E-state index contributed by atoms with van der Waals surface area (Å²) >= 11 is 0. The van der Waals surface area contributed by atoms with E-state index >= 15 is 0 Å². The van der Waals surface area contributed by atoms with Crippen LogP contribution in [0.15, 0.2) is 24.3 Å². The molecule has 0 aliphatic rings. The van der Waals surface area contributed by atoms with Crippen LogP contribution in [0.5, 0.6) is 0 Å². The first kappa shape index (κ1) is 8.46. The summed E-state index contributed by atoms with van der Waals surface area (Å²) < 4.78 is 1.76. The van der Waals surface area contributed by atoms with Gasteiger partial charge in [0.2, 0.25) is 0 Å². The number of fused-ring (bicyclic) bond motifs is 1. The second-order valence-corrected chi connectivity index (χ2v) is 2.20. The second-order valence-electron chi connectivity index (χ2n) is 2.20. The quantitative estimate of drug-likeness (QED) is 0.643. The Balaban J connectivity index is 0.000000605. The van der Waals surface area contributed by atoms with Crippen molar-refractivity contribution in [1.82, 2.24) is 15.0 Å². The first-order chi connectivity index (χ1) is 4.88. The largest absolute Gasteiger partial charge is 1.00 e. The fourth-order valence-corrected chi connectivity index (χ4v) is 0.986. The van der Waals surface area contributed by atoms with Crippen molar-refractivity contribution >= 4 is 11.0 Å². The number of hydrogen-bond donors (Lipinski definition) is 0. The molecule has 0 amide bonds. The van der Waals surface area contributed by atoms with E-state index in [1.54, 1.807) is 4.68 Å². The van der Waals surface area contributed by atoms with E-state index < -0.39 is 0 Å². The summed E-state index contributed by atoms with van der Waals surface area (Å²) in [6.45, 7) is 0. The van der Waals surface area contributed by atoms with E-state index in [2.05, 4.69) is 10.3 Å². The van der Waals surface area contributed by atoms with Crippen LogP contribution >= 0.6 is 0 Å². The zero-order chi connectivity index (χ0) is 6.97. The molecule has 0 spiro atoms. The third kappa shape index (κ3) is 1.35. The van der Waals surface area contributed by atoms with Crippen molar-refractivity contribution in [2.75, 3.05) is 0 Å². The summed E-state index contributed by atoms with van der Waals surface area (Å²) in [5.41, 5.74) is 2.02. The van der Waals surface area contributed by atoms with E-state index in [4.69, 9.17) is 0 Å². The second kappa shape index (κ2) is 3.17. The van der Waals surface area contributed by atoms with Crippen molar-refractivity contribution in [3.05, 3.63) is 24.3 Å². The average Bonchev–Trinajstić information content (AvgIpc) is 2.34. The number of aromatic nitrogens is 3. The van der Waals surface area contributed by atoms with E-state index in [1.165, 1.54) is 0 Å². The summed E-state index contributed by atoms with van der Waals surface area (Å²) in [5, 5.41) is 7.79. The van der Waals surface area contributed by atoms with Crippen LogP contribution in [0.2, 0.25) is 0 Å². The number of aryl methyl sites for hydroxylation is 1. The molecule has 0 saturated carbocycles. The summed E-state index contributed by atoms with van der Waals surface area (Å²) in [6, 6.07) is 7.88.